The van der Waals surface area contributed by atoms with Gasteiger partial charge in [-0.05, 0) is 44.7 Å². The summed E-state index contributed by atoms with van der Waals surface area (Å²) >= 11 is 6.56. The summed E-state index contributed by atoms with van der Waals surface area (Å²) in [6.45, 7) is 9.25. The molecule has 8 heteroatoms. The van der Waals surface area contributed by atoms with E-state index in [4.69, 9.17) is 30.8 Å². The molecule has 2 saturated heterocycles. The summed E-state index contributed by atoms with van der Waals surface area (Å²) in [6, 6.07) is 8.28. The number of ether oxygens (including phenoxy) is 3. The molecule has 2 aliphatic heterocycles. The Kier molecular flexibility index (Phi) is 11.2. The van der Waals surface area contributed by atoms with Gasteiger partial charge in [0.2, 0.25) is 0 Å². The summed E-state index contributed by atoms with van der Waals surface area (Å²) in [5, 5.41) is 7.64. The van der Waals surface area contributed by atoms with Crippen molar-refractivity contribution in [1.82, 2.24) is 10.6 Å². The molecule has 1 aromatic rings. The van der Waals surface area contributed by atoms with Gasteiger partial charge >= 0.3 is 0 Å². The molecule has 1 aromatic carbocycles. The van der Waals surface area contributed by atoms with E-state index >= 15 is 0 Å². The zero-order valence-corrected chi connectivity index (χ0v) is 21.1. The van der Waals surface area contributed by atoms with Crippen LogP contribution in [-0.4, -0.2) is 64.2 Å². The van der Waals surface area contributed by atoms with Crippen molar-refractivity contribution in [2.75, 3.05) is 46.1 Å². The Labute approximate surface area is 202 Å². The highest BCUT2D eigenvalue weighted by Crippen LogP contribution is 2.38. The standard InChI is InChI=1S/C22H34ClN3O3.HI/c1-3-24-21(26-17(2)14-29-18-8-11-28-15-18)25-16-22(9-12-27-13-10-22)19-6-4-5-7-20(19)23;/h4-7,17-18H,3,8-16H2,1-2H3,(H2,24,25,26);1H. The van der Waals surface area contributed by atoms with Crippen molar-refractivity contribution in [3.05, 3.63) is 34.9 Å². The molecule has 0 saturated carbocycles. The summed E-state index contributed by atoms with van der Waals surface area (Å²) in [5.74, 6) is 0.809. The molecule has 2 heterocycles. The maximum atomic E-state index is 6.56. The predicted octanol–water partition coefficient (Wildman–Crippen LogP) is 3.76. The van der Waals surface area contributed by atoms with E-state index in [-0.39, 0.29) is 41.5 Å². The molecule has 0 aromatic heterocycles. The van der Waals surface area contributed by atoms with Crippen molar-refractivity contribution in [2.45, 2.75) is 50.7 Å². The second-order valence-corrected chi connectivity index (χ2v) is 8.34. The molecule has 0 spiro atoms. The first-order valence-electron chi connectivity index (χ1n) is 10.7. The van der Waals surface area contributed by atoms with Crippen LogP contribution >= 0.6 is 35.6 Å². The molecule has 3 rings (SSSR count). The fourth-order valence-electron chi connectivity index (χ4n) is 3.92. The lowest BCUT2D eigenvalue weighted by atomic mass is 9.74. The largest absolute Gasteiger partial charge is 0.381 e. The maximum Gasteiger partial charge on any atom is 0.191 e. The third-order valence-corrected chi connectivity index (χ3v) is 5.96. The number of benzene rings is 1. The second-order valence-electron chi connectivity index (χ2n) is 7.93. The first-order chi connectivity index (χ1) is 14.1. The van der Waals surface area contributed by atoms with Crippen LogP contribution in [0.15, 0.2) is 29.3 Å². The number of rotatable bonds is 8. The number of nitrogens with one attached hydrogen (secondary N) is 2. The van der Waals surface area contributed by atoms with Gasteiger partial charge in [-0.2, -0.15) is 0 Å². The van der Waals surface area contributed by atoms with E-state index in [9.17, 15) is 0 Å². The van der Waals surface area contributed by atoms with E-state index in [1.807, 2.05) is 12.1 Å². The third-order valence-electron chi connectivity index (χ3n) is 5.63. The fourth-order valence-corrected chi connectivity index (χ4v) is 4.25. The molecule has 2 N–H and O–H groups in total. The normalized spacial score (nSPS) is 22.2. The molecule has 170 valence electrons. The minimum atomic E-state index is -0.0974. The number of aliphatic imine (C=N–C) groups is 1. The van der Waals surface area contributed by atoms with Gasteiger partial charge < -0.3 is 24.8 Å². The lowest BCUT2D eigenvalue weighted by Gasteiger charge is -2.37. The van der Waals surface area contributed by atoms with Crippen LogP contribution in [0.4, 0.5) is 0 Å². The van der Waals surface area contributed by atoms with Gasteiger partial charge in [-0.1, -0.05) is 29.8 Å². The monoisotopic (exact) mass is 551 g/mol. The van der Waals surface area contributed by atoms with Crippen LogP contribution in [0.25, 0.3) is 0 Å². The summed E-state index contributed by atoms with van der Waals surface area (Å²) in [6.07, 6.45) is 3.02. The molecule has 0 amide bonds. The molecular formula is C22H35ClIN3O3. The highest BCUT2D eigenvalue weighted by Gasteiger charge is 2.36. The van der Waals surface area contributed by atoms with E-state index in [0.29, 0.717) is 19.8 Å². The Morgan fingerprint density at radius 1 is 1.27 bits per heavy atom. The van der Waals surface area contributed by atoms with Gasteiger partial charge in [-0.15, -0.1) is 24.0 Å². The minimum Gasteiger partial charge on any atom is -0.381 e. The zero-order chi connectivity index (χ0) is 20.5. The van der Waals surface area contributed by atoms with Crippen molar-refractivity contribution in [3.63, 3.8) is 0 Å². The van der Waals surface area contributed by atoms with Gasteiger partial charge in [0.1, 0.15) is 0 Å². The lowest BCUT2D eigenvalue weighted by Crippen LogP contribution is -2.46. The van der Waals surface area contributed by atoms with Crippen LogP contribution < -0.4 is 10.6 Å². The predicted molar refractivity (Wildman–Crippen MR) is 132 cm³/mol. The van der Waals surface area contributed by atoms with Crippen LogP contribution in [0.3, 0.4) is 0 Å². The second kappa shape index (κ2) is 13.1. The van der Waals surface area contributed by atoms with E-state index < -0.39 is 0 Å². The Morgan fingerprint density at radius 2 is 2.03 bits per heavy atom. The van der Waals surface area contributed by atoms with Gasteiger partial charge in [0.05, 0.1) is 25.9 Å². The molecule has 2 fully saturated rings. The average molecular weight is 552 g/mol. The van der Waals surface area contributed by atoms with E-state index in [0.717, 1.165) is 56.6 Å². The fraction of sp³-hybridized carbons (Fsp3) is 0.682. The number of hydrogen-bond donors (Lipinski definition) is 2. The zero-order valence-electron chi connectivity index (χ0n) is 18.0. The van der Waals surface area contributed by atoms with Gasteiger partial charge in [-0.25, -0.2) is 0 Å². The average Bonchev–Trinajstić information content (AvgIpc) is 3.25. The van der Waals surface area contributed by atoms with E-state index in [1.54, 1.807) is 0 Å². The van der Waals surface area contributed by atoms with Crippen molar-refractivity contribution >= 4 is 41.5 Å². The molecule has 2 unspecified atom stereocenters. The van der Waals surface area contributed by atoms with Crippen molar-refractivity contribution in [1.29, 1.82) is 0 Å². The van der Waals surface area contributed by atoms with Crippen LogP contribution in [0, 0.1) is 0 Å². The van der Waals surface area contributed by atoms with Crippen LogP contribution in [0.1, 0.15) is 38.7 Å². The van der Waals surface area contributed by atoms with Gasteiger partial charge in [0.25, 0.3) is 0 Å². The number of hydrogen-bond acceptors (Lipinski definition) is 4. The van der Waals surface area contributed by atoms with Crippen molar-refractivity contribution in [3.8, 4) is 0 Å². The van der Waals surface area contributed by atoms with E-state index in [2.05, 4.69) is 36.6 Å². The first-order valence-corrected chi connectivity index (χ1v) is 11.1. The number of halogens is 2. The molecule has 2 aliphatic rings. The topological polar surface area (TPSA) is 64.1 Å². The summed E-state index contributed by atoms with van der Waals surface area (Å²) in [5.41, 5.74) is 1.07. The highest BCUT2D eigenvalue weighted by atomic mass is 127. The summed E-state index contributed by atoms with van der Waals surface area (Å²) < 4.78 is 17.0. The molecule has 6 nitrogen and oxygen atoms in total. The van der Waals surface area contributed by atoms with Gasteiger partial charge in [0.15, 0.2) is 5.96 Å². The quantitative estimate of drug-likeness (QED) is 0.293. The smallest absolute Gasteiger partial charge is 0.191 e. The number of guanidine groups is 1. The molecular weight excluding hydrogens is 517 g/mol. The minimum absolute atomic E-state index is 0. The van der Waals surface area contributed by atoms with E-state index in [1.165, 1.54) is 5.56 Å². The van der Waals surface area contributed by atoms with Gasteiger partial charge in [0, 0.05) is 42.8 Å². The molecule has 0 aliphatic carbocycles. The first kappa shape index (κ1) is 25.6. The Hall–Kier alpha value is -0.610. The molecule has 0 bridgehead atoms. The number of nitrogens with zero attached hydrogens (tertiary/aromatic N) is 1. The Bertz CT molecular complexity index is 665. The SMILES string of the molecule is CCNC(=NCC1(c2ccccc2Cl)CCOCC1)NC(C)COC1CCOC1.I. The molecule has 30 heavy (non-hydrogen) atoms. The lowest BCUT2D eigenvalue weighted by molar-refractivity contribution is 0.0347. The summed E-state index contributed by atoms with van der Waals surface area (Å²) in [7, 11) is 0. The Balaban J connectivity index is 0.00000320. The van der Waals surface area contributed by atoms with Crippen LogP contribution in [0.5, 0.6) is 0 Å². The van der Waals surface area contributed by atoms with Crippen LogP contribution in [-0.2, 0) is 19.6 Å². The van der Waals surface area contributed by atoms with Crippen molar-refractivity contribution in [2.24, 2.45) is 4.99 Å². The molecule has 2 atom stereocenters. The third kappa shape index (κ3) is 7.22. The Morgan fingerprint density at radius 3 is 2.70 bits per heavy atom. The summed E-state index contributed by atoms with van der Waals surface area (Å²) in [4.78, 5) is 4.95. The highest BCUT2D eigenvalue weighted by molar-refractivity contribution is 14.0. The molecule has 0 radical (unpaired) electrons. The van der Waals surface area contributed by atoms with Gasteiger partial charge in [-0.3, -0.25) is 4.99 Å². The van der Waals surface area contributed by atoms with Crippen molar-refractivity contribution < 1.29 is 14.2 Å². The van der Waals surface area contributed by atoms with Crippen LogP contribution in [0.2, 0.25) is 5.02 Å². The maximum absolute atomic E-state index is 6.56.